The van der Waals surface area contributed by atoms with Crippen LogP contribution >= 0.6 is 11.3 Å². The Morgan fingerprint density at radius 3 is 2.52 bits per heavy atom. The molecule has 8 nitrogen and oxygen atoms in total. The van der Waals surface area contributed by atoms with Crippen molar-refractivity contribution in [1.82, 2.24) is 4.90 Å². The number of sulfone groups is 1. The number of anilines is 1. The Balaban J connectivity index is 1.78. The molecule has 33 heavy (non-hydrogen) atoms. The van der Waals surface area contributed by atoms with Crippen LogP contribution in [0.2, 0.25) is 0 Å². The van der Waals surface area contributed by atoms with E-state index in [-0.39, 0.29) is 23.0 Å². The molecule has 1 aliphatic rings. The number of hydrogen-bond acceptors (Lipinski definition) is 7. The highest BCUT2D eigenvalue weighted by Crippen LogP contribution is 2.36. The second kappa shape index (κ2) is 10.3. The van der Waals surface area contributed by atoms with E-state index < -0.39 is 34.4 Å². The minimum atomic E-state index is -3.15. The molecule has 1 atom stereocenters. The smallest absolute Gasteiger partial charge is 0.342 e. The average molecular weight is 491 g/mol. The van der Waals surface area contributed by atoms with Crippen LogP contribution in [0.15, 0.2) is 47.4 Å². The van der Waals surface area contributed by atoms with Gasteiger partial charge < -0.3 is 15.0 Å². The van der Waals surface area contributed by atoms with Gasteiger partial charge >= 0.3 is 5.97 Å². The SMILES string of the molecule is CC(C)=CC(=O)Nc1scc(-c2ccccc2)c1C(=O)OCC(=O)N(C)C1CCS(=O)(=O)C1. The third kappa shape index (κ3) is 6.29. The lowest BCUT2D eigenvalue weighted by Gasteiger charge is -2.23. The summed E-state index contributed by atoms with van der Waals surface area (Å²) in [4.78, 5) is 39.1. The molecule has 0 spiro atoms. The number of amides is 2. The summed E-state index contributed by atoms with van der Waals surface area (Å²) in [6.07, 6.45) is 1.78. The number of carbonyl (C=O) groups is 3. The molecule has 0 saturated carbocycles. The molecule has 1 aromatic heterocycles. The number of likely N-dealkylation sites (N-methyl/N-ethyl adjacent to an activating group) is 1. The van der Waals surface area contributed by atoms with E-state index in [1.807, 2.05) is 30.3 Å². The molecule has 1 aliphatic heterocycles. The van der Waals surface area contributed by atoms with Crippen LogP contribution in [0.25, 0.3) is 11.1 Å². The van der Waals surface area contributed by atoms with Crippen LogP contribution in [-0.4, -0.2) is 62.3 Å². The first kappa shape index (κ1) is 24.7. The van der Waals surface area contributed by atoms with Gasteiger partial charge in [0.15, 0.2) is 16.4 Å². The van der Waals surface area contributed by atoms with E-state index in [0.29, 0.717) is 17.0 Å². The van der Waals surface area contributed by atoms with Crippen molar-refractivity contribution in [3.8, 4) is 11.1 Å². The lowest BCUT2D eigenvalue weighted by atomic mass is 10.0. The summed E-state index contributed by atoms with van der Waals surface area (Å²) in [6, 6.07) is 8.75. The quantitative estimate of drug-likeness (QED) is 0.472. The van der Waals surface area contributed by atoms with Crippen molar-refractivity contribution in [2.45, 2.75) is 26.3 Å². The van der Waals surface area contributed by atoms with E-state index >= 15 is 0 Å². The van der Waals surface area contributed by atoms with E-state index in [1.54, 1.807) is 19.2 Å². The number of allylic oxidation sites excluding steroid dienone is 1. The van der Waals surface area contributed by atoms with Gasteiger partial charge in [-0.05, 0) is 25.8 Å². The number of benzene rings is 1. The molecule has 2 amide bonds. The van der Waals surface area contributed by atoms with Gasteiger partial charge in [-0.15, -0.1) is 11.3 Å². The molecule has 0 bridgehead atoms. The Morgan fingerprint density at radius 1 is 1.21 bits per heavy atom. The highest BCUT2D eigenvalue weighted by molar-refractivity contribution is 7.91. The summed E-state index contributed by atoms with van der Waals surface area (Å²) in [7, 11) is -1.64. The van der Waals surface area contributed by atoms with Crippen molar-refractivity contribution in [2.24, 2.45) is 0 Å². The molecule has 176 valence electrons. The Labute approximate surface area is 197 Å². The minimum absolute atomic E-state index is 0.0408. The average Bonchev–Trinajstić information content (AvgIpc) is 3.34. The summed E-state index contributed by atoms with van der Waals surface area (Å²) in [5, 5.41) is 4.79. The van der Waals surface area contributed by atoms with Crippen molar-refractivity contribution in [1.29, 1.82) is 0 Å². The third-order valence-corrected chi connectivity index (χ3v) is 7.86. The van der Waals surface area contributed by atoms with E-state index in [1.165, 1.54) is 29.4 Å². The second-order valence-electron chi connectivity index (χ2n) is 8.07. The normalized spacial score (nSPS) is 16.6. The van der Waals surface area contributed by atoms with E-state index in [9.17, 15) is 22.8 Å². The predicted molar refractivity (Wildman–Crippen MR) is 128 cm³/mol. The summed E-state index contributed by atoms with van der Waals surface area (Å²) in [6.45, 7) is 3.05. The van der Waals surface area contributed by atoms with E-state index in [4.69, 9.17) is 4.74 Å². The van der Waals surface area contributed by atoms with Crippen molar-refractivity contribution in [3.05, 3.63) is 52.9 Å². The third-order valence-electron chi connectivity index (χ3n) is 5.21. The fourth-order valence-electron chi connectivity index (χ4n) is 3.48. The van der Waals surface area contributed by atoms with Crippen LogP contribution in [0.3, 0.4) is 0 Å². The maximum atomic E-state index is 13.0. The first-order valence-electron chi connectivity index (χ1n) is 10.3. The summed E-state index contributed by atoms with van der Waals surface area (Å²) in [5.41, 5.74) is 2.32. The van der Waals surface area contributed by atoms with Crippen LogP contribution < -0.4 is 5.32 Å². The van der Waals surface area contributed by atoms with Crippen LogP contribution in [0.1, 0.15) is 30.6 Å². The molecule has 10 heteroatoms. The van der Waals surface area contributed by atoms with Crippen molar-refractivity contribution in [2.75, 3.05) is 30.5 Å². The highest BCUT2D eigenvalue weighted by Gasteiger charge is 2.33. The van der Waals surface area contributed by atoms with Gasteiger partial charge in [0.05, 0.1) is 11.5 Å². The zero-order valence-corrected chi connectivity index (χ0v) is 20.3. The van der Waals surface area contributed by atoms with Gasteiger partial charge in [-0.2, -0.15) is 0 Å². The zero-order chi connectivity index (χ0) is 24.2. The number of ether oxygens (including phenoxy) is 1. The molecule has 1 N–H and O–H groups in total. The van der Waals surface area contributed by atoms with Gasteiger partial charge in [-0.1, -0.05) is 35.9 Å². The number of esters is 1. The Kier molecular flexibility index (Phi) is 7.70. The molecule has 0 radical (unpaired) electrons. The highest BCUT2D eigenvalue weighted by atomic mass is 32.2. The molecule has 1 aromatic carbocycles. The topological polar surface area (TPSA) is 110 Å². The number of thiophene rings is 1. The lowest BCUT2D eigenvalue weighted by molar-refractivity contribution is -0.134. The van der Waals surface area contributed by atoms with Gasteiger partial charge in [0.2, 0.25) is 5.91 Å². The number of rotatable bonds is 7. The van der Waals surface area contributed by atoms with Gasteiger partial charge in [0.1, 0.15) is 10.6 Å². The minimum Gasteiger partial charge on any atom is -0.452 e. The summed E-state index contributed by atoms with van der Waals surface area (Å²) >= 11 is 1.19. The summed E-state index contributed by atoms with van der Waals surface area (Å²) < 4.78 is 28.7. The van der Waals surface area contributed by atoms with Crippen molar-refractivity contribution in [3.63, 3.8) is 0 Å². The molecule has 3 rings (SSSR count). The molecule has 2 heterocycles. The van der Waals surface area contributed by atoms with Crippen molar-refractivity contribution < 1.29 is 27.5 Å². The molecule has 0 aliphatic carbocycles. The van der Waals surface area contributed by atoms with Gasteiger partial charge in [-0.3, -0.25) is 9.59 Å². The standard InChI is InChI=1S/C23H26N2O6S2/c1-15(2)11-19(26)24-22-21(18(13-32-22)16-7-5-4-6-8-16)23(28)31-12-20(27)25(3)17-9-10-33(29,30)14-17/h4-8,11,13,17H,9-10,12,14H2,1-3H3,(H,24,26). The predicted octanol–water partition coefficient (Wildman–Crippen LogP) is 3.12. The van der Waals surface area contributed by atoms with Crippen molar-refractivity contribution >= 4 is 44.0 Å². The number of nitrogens with zero attached hydrogens (tertiary/aromatic N) is 1. The molecule has 1 saturated heterocycles. The molecular formula is C23H26N2O6S2. The maximum Gasteiger partial charge on any atom is 0.342 e. The molecular weight excluding hydrogens is 464 g/mol. The van der Waals surface area contributed by atoms with Crippen LogP contribution in [0, 0.1) is 0 Å². The van der Waals surface area contributed by atoms with E-state index in [0.717, 1.165) is 11.1 Å². The maximum absolute atomic E-state index is 13.0. The monoisotopic (exact) mass is 490 g/mol. The first-order chi connectivity index (χ1) is 15.6. The number of nitrogens with one attached hydrogen (secondary N) is 1. The van der Waals surface area contributed by atoms with Gasteiger partial charge in [0, 0.05) is 30.1 Å². The summed E-state index contributed by atoms with van der Waals surface area (Å²) in [5.74, 6) is -1.66. The molecule has 1 unspecified atom stereocenters. The van der Waals surface area contributed by atoms with Gasteiger partial charge in [-0.25, -0.2) is 13.2 Å². The lowest BCUT2D eigenvalue weighted by Crippen LogP contribution is -2.40. The van der Waals surface area contributed by atoms with Crippen LogP contribution in [-0.2, 0) is 24.2 Å². The fraction of sp³-hybridized carbons (Fsp3) is 0.348. The molecule has 2 aromatic rings. The second-order valence-corrected chi connectivity index (χ2v) is 11.2. The molecule has 1 fully saturated rings. The van der Waals surface area contributed by atoms with E-state index in [2.05, 4.69) is 5.32 Å². The largest absolute Gasteiger partial charge is 0.452 e. The van der Waals surface area contributed by atoms with Crippen LogP contribution in [0.5, 0.6) is 0 Å². The van der Waals surface area contributed by atoms with Gasteiger partial charge in [0.25, 0.3) is 5.91 Å². The van der Waals surface area contributed by atoms with Crippen LogP contribution in [0.4, 0.5) is 5.00 Å². The number of hydrogen-bond donors (Lipinski definition) is 1. The Hall–Kier alpha value is -2.98. The Morgan fingerprint density at radius 2 is 1.91 bits per heavy atom. The number of carbonyl (C=O) groups excluding carboxylic acids is 3. The Bertz CT molecular complexity index is 1180. The zero-order valence-electron chi connectivity index (χ0n) is 18.7. The fourth-order valence-corrected chi connectivity index (χ4v) is 6.21. The first-order valence-corrected chi connectivity index (χ1v) is 13.0.